The van der Waals surface area contributed by atoms with E-state index in [9.17, 15) is 19.7 Å². The molecule has 0 aliphatic carbocycles. The molecule has 0 aromatic heterocycles. The highest BCUT2D eigenvalue weighted by atomic mass is 16.6. The van der Waals surface area contributed by atoms with Crippen LogP contribution >= 0.6 is 0 Å². The standard InChI is InChI=1S/C24H19N3O6/c28-23(17-32-22-9-5-4-8-21(22)27(30)31)26-25-16-19-10-13-20(14-11-19)33-24(29)15-12-18-6-2-1-3-7-18/h1-16H,17H2,(H,26,28)/b15-12+,25-16+. The van der Waals surface area contributed by atoms with Crippen LogP contribution in [0, 0.1) is 10.1 Å². The molecule has 3 aromatic carbocycles. The van der Waals surface area contributed by atoms with Gasteiger partial charge in [0.1, 0.15) is 5.75 Å². The molecule has 0 aliphatic rings. The highest BCUT2D eigenvalue weighted by molar-refractivity contribution is 5.89. The zero-order valence-corrected chi connectivity index (χ0v) is 17.3. The fourth-order valence-electron chi connectivity index (χ4n) is 2.58. The number of para-hydroxylation sites is 2. The zero-order valence-electron chi connectivity index (χ0n) is 17.3. The van der Waals surface area contributed by atoms with Gasteiger partial charge in [-0.05, 0) is 47.5 Å². The lowest BCUT2D eigenvalue weighted by molar-refractivity contribution is -0.385. The number of hydrogen-bond donors (Lipinski definition) is 1. The van der Waals surface area contributed by atoms with Gasteiger partial charge in [-0.3, -0.25) is 14.9 Å². The summed E-state index contributed by atoms with van der Waals surface area (Å²) in [6, 6.07) is 21.6. The van der Waals surface area contributed by atoms with Crippen molar-refractivity contribution in [3.63, 3.8) is 0 Å². The van der Waals surface area contributed by atoms with E-state index in [0.717, 1.165) is 5.56 Å². The van der Waals surface area contributed by atoms with Crippen molar-refractivity contribution in [1.82, 2.24) is 5.43 Å². The lowest BCUT2D eigenvalue weighted by Crippen LogP contribution is -2.24. The van der Waals surface area contributed by atoms with E-state index in [1.54, 1.807) is 36.4 Å². The van der Waals surface area contributed by atoms with Gasteiger partial charge in [0.05, 0.1) is 11.1 Å². The molecule has 3 rings (SSSR count). The van der Waals surface area contributed by atoms with Crippen molar-refractivity contribution in [2.24, 2.45) is 5.10 Å². The van der Waals surface area contributed by atoms with Crippen LogP contribution < -0.4 is 14.9 Å². The maximum atomic E-state index is 11.9. The largest absolute Gasteiger partial charge is 0.477 e. The Hall–Kier alpha value is -4.79. The number of carbonyl (C=O) groups is 2. The van der Waals surface area contributed by atoms with E-state index in [4.69, 9.17) is 9.47 Å². The Balaban J connectivity index is 1.45. The van der Waals surface area contributed by atoms with E-state index in [1.807, 2.05) is 30.3 Å². The summed E-state index contributed by atoms with van der Waals surface area (Å²) in [7, 11) is 0. The number of nitro groups is 1. The molecule has 9 heteroatoms. The van der Waals surface area contributed by atoms with Crippen molar-refractivity contribution in [2.45, 2.75) is 0 Å². The Kier molecular flexibility index (Phi) is 8.02. The van der Waals surface area contributed by atoms with E-state index < -0.39 is 23.4 Å². The van der Waals surface area contributed by atoms with Crippen LogP contribution in [0.25, 0.3) is 6.08 Å². The summed E-state index contributed by atoms with van der Waals surface area (Å²) in [5.41, 5.74) is 3.57. The van der Waals surface area contributed by atoms with E-state index >= 15 is 0 Å². The van der Waals surface area contributed by atoms with Gasteiger partial charge in [0, 0.05) is 12.1 Å². The molecule has 0 unspecified atom stereocenters. The number of carbonyl (C=O) groups excluding carboxylic acids is 2. The maximum absolute atomic E-state index is 11.9. The van der Waals surface area contributed by atoms with E-state index in [2.05, 4.69) is 10.5 Å². The quantitative estimate of drug-likeness (QED) is 0.134. The number of nitro benzene ring substituents is 1. The first kappa shape index (κ1) is 22.9. The number of hydrogen-bond acceptors (Lipinski definition) is 7. The van der Waals surface area contributed by atoms with Crippen LogP contribution in [-0.4, -0.2) is 29.6 Å². The predicted molar refractivity (Wildman–Crippen MR) is 122 cm³/mol. The van der Waals surface area contributed by atoms with Gasteiger partial charge in [-0.2, -0.15) is 5.10 Å². The van der Waals surface area contributed by atoms with Crippen molar-refractivity contribution in [1.29, 1.82) is 0 Å². The Morgan fingerprint density at radius 3 is 2.36 bits per heavy atom. The van der Waals surface area contributed by atoms with E-state index in [-0.39, 0.29) is 11.4 Å². The van der Waals surface area contributed by atoms with Gasteiger partial charge >= 0.3 is 11.7 Å². The fourth-order valence-corrected chi connectivity index (χ4v) is 2.58. The topological polar surface area (TPSA) is 120 Å². The third-order valence-corrected chi connectivity index (χ3v) is 4.13. The molecular weight excluding hydrogens is 426 g/mol. The lowest BCUT2D eigenvalue weighted by Gasteiger charge is -2.05. The number of nitrogens with one attached hydrogen (secondary N) is 1. The number of benzene rings is 3. The van der Waals surface area contributed by atoms with Crippen LogP contribution in [0.3, 0.4) is 0 Å². The fraction of sp³-hybridized carbons (Fsp3) is 0.0417. The summed E-state index contributed by atoms with van der Waals surface area (Å²) in [5, 5.41) is 14.7. The molecule has 1 amide bonds. The van der Waals surface area contributed by atoms with Crippen LogP contribution in [-0.2, 0) is 9.59 Å². The molecule has 0 bridgehead atoms. The van der Waals surface area contributed by atoms with Gasteiger partial charge in [0.15, 0.2) is 12.4 Å². The van der Waals surface area contributed by atoms with E-state index in [1.165, 1.54) is 30.5 Å². The summed E-state index contributed by atoms with van der Waals surface area (Å²) in [4.78, 5) is 34.1. The molecule has 166 valence electrons. The van der Waals surface area contributed by atoms with Crippen LogP contribution in [0.5, 0.6) is 11.5 Å². The molecule has 9 nitrogen and oxygen atoms in total. The first-order chi connectivity index (χ1) is 16.0. The monoisotopic (exact) mass is 445 g/mol. The molecule has 0 fully saturated rings. The second kappa shape index (κ2) is 11.6. The van der Waals surface area contributed by atoms with Crippen LogP contribution in [0.15, 0.2) is 90.0 Å². The van der Waals surface area contributed by atoms with Crippen molar-refractivity contribution >= 4 is 29.9 Å². The van der Waals surface area contributed by atoms with Gasteiger partial charge in [0.2, 0.25) is 0 Å². The SMILES string of the molecule is O=C(COc1ccccc1[N+](=O)[O-])N/N=C/c1ccc(OC(=O)/C=C/c2ccccc2)cc1. The predicted octanol–water partition coefficient (Wildman–Crippen LogP) is 3.74. The highest BCUT2D eigenvalue weighted by Crippen LogP contribution is 2.25. The Morgan fingerprint density at radius 2 is 1.64 bits per heavy atom. The molecule has 0 saturated heterocycles. The Labute approximate surface area is 189 Å². The third-order valence-electron chi connectivity index (χ3n) is 4.13. The third kappa shape index (κ3) is 7.44. The van der Waals surface area contributed by atoms with Crippen molar-refractivity contribution < 1.29 is 24.0 Å². The molecule has 0 spiro atoms. The molecule has 3 aromatic rings. The second-order valence-electron chi connectivity index (χ2n) is 6.54. The van der Waals surface area contributed by atoms with E-state index in [0.29, 0.717) is 11.3 Å². The number of ether oxygens (including phenoxy) is 2. The summed E-state index contributed by atoms with van der Waals surface area (Å²) in [6.45, 7) is -0.437. The summed E-state index contributed by atoms with van der Waals surface area (Å²) < 4.78 is 10.4. The molecule has 0 aliphatic heterocycles. The molecule has 33 heavy (non-hydrogen) atoms. The normalized spacial score (nSPS) is 10.8. The number of hydrazone groups is 1. The lowest BCUT2D eigenvalue weighted by atomic mass is 10.2. The molecule has 0 saturated carbocycles. The number of esters is 1. The van der Waals surface area contributed by atoms with Gasteiger partial charge in [0.25, 0.3) is 5.91 Å². The molecule has 0 atom stereocenters. The van der Waals surface area contributed by atoms with Gasteiger partial charge in [-0.15, -0.1) is 0 Å². The minimum absolute atomic E-state index is 0.00891. The molecule has 1 N–H and O–H groups in total. The van der Waals surface area contributed by atoms with Crippen LogP contribution in [0.4, 0.5) is 5.69 Å². The van der Waals surface area contributed by atoms with Crippen molar-refractivity contribution in [2.75, 3.05) is 6.61 Å². The second-order valence-corrected chi connectivity index (χ2v) is 6.54. The first-order valence-corrected chi connectivity index (χ1v) is 9.74. The minimum Gasteiger partial charge on any atom is -0.477 e. The van der Waals surface area contributed by atoms with Crippen LogP contribution in [0.1, 0.15) is 11.1 Å². The summed E-state index contributed by atoms with van der Waals surface area (Å²) in [6.07, 6.45) is 4.39. The molecular formula is C24H19N3O6. The summed E-state index contributed by atoms with van der Waals surface area (Å²) >= 11 is 0. The highest BCUT2D eigenvalue weighted by Gasteiger charge is 2.14. The summed E-state index contributed by atoms with van der Waals surface area (Å²) in [5.74, 6) is -0.742. The van der Waals surface area contributed by atoms with Crippen LogP contribution in [0.2, 0.25) is 0 Å². The number of rotatable bonds is 9. The van der Waals surface area contributed by atoms with Gasteiger partial charge in [-0.1, -0.05) is 42.5 Å². The Bertz CT molecular complexity index is 1170. The first-order valence-electron chi connectivity index (χ1n) is 9.74. The zero-order chi connectivity index (χ0) is 23.5. The minimum atomic E-state index is -0.591. The Morgan fingerprint density at radius 1 is 0.939 bits per heavy atom. The average molecular weight is 445 g/mol. The smallest absolute Gasteiger partial charge is 0.336 e. The van der Waals surface area contributed by atoms with Crippen molar-refractivity contribution in [3.8, 4) is 11.5 Å². The van der Waals surface area contributed by atoms with Crippen molar-refractivity contribution in [3.05, 3.63) is 106 Å². The maximum Gasteiger partial charge on any atom is 0.336 e. The molecule has 0 heterocycles. The molecule has 0 radical (unpaired) electrons. The number of amides is 1. The average Bonchev–Trinajstić information content (AvgIpc) is 2.83. The van der Waals surface area contributed by atoms with Gasteiger partial charge < -0.3 is 9.47 Å². The number of nitrogens with zero attached hydrogens (tertiary/aromatic N) is 2. The van der Waals surface area contributed by atoms with Gasteiger partial charge in [-0.25, -0.2) is 10.2 Å².